The molecule has 0 aliphatic heterocycles. The third-order valence-electron chi connectivity index (χ3n) is 4.57. The van der Waals surface area contributed by atoms with Gasteiger partial charge in [0.2, 0.25) is 10.0 Å². The van der Waals surface area contributed by atoms with Gasteiger partial charge in [0.05, 0.1) is 10.6 Å². The number of carbonyl (C=O) groups excluding carboxylic acids is 1. The van der Waals surface area contributed by atoms with E-state index < -0.39 is 10.0 Å². The predicted molar refractivity (Wildman–Crippen MR) is 109 cm³/mol. The summed E-state index contributed by atoms with van der Waals surface area (Å²) in [4.78, 5) is 11.6. The zero-order valence-corrected chi connectivity index (χ0v) is 16.7. The minimum absolute atomic E-state index is 0.135. The molecular formula is C21H23N3O3S. The fourth-order valence-electron chi connectivity index (χ4n) is 2.91. The molecule has 0 fully saturated rings. The third kappa shape index (κ3) is 4.55. The number of ketones is 1. The first-order valence-corrected chi connectivity index (χ1v) is 10.5. The van der Waals surface area contributed by atoms with Gasteiger partial charge in [0.25, 0.3) is 0 Å². The van der Waals surface area contributed by atoms with E-state index in [9.17, 15) is 13.2 Å². The molecule has 6 nitrogen and oxygen atoms in total. The third-order valence-corrected chi connectivity index (χ3v) is 6.42. The number of benzene rings is 2. The molecule has 0 amide bonds. The molecule has 146 valence electrons. The first kappa shape index (κ1) is 20.0. The Hall–Kier alpha value is -2.77. The number of aryl methyl sites for hydroxylation is 1. The quantitative estimate of drug-likeness (QED) is 0.590. The van der Waals surface area contributed by atoms with Crippen LogP contribution in [0.2, 0.25) is 0 Å². The van der Waals surface area contributed by atoms with E-state index in [1.165, 1.54) is 23.4 Å². The topological polar surface area (TPSA) is 83.1 Å². The van der Waals surface area contributed by atoms with Crippen molar-refractivity contribution in [3.63, 3.8) is 0 Å². The van der Waals surface area contributed by atoms with E-state index in [0.717, 1.165) is 17.0 Å². The van der Waals surface area contributed by atoms with Crippen molar-refractivity contribution in [2.75, 3.05) is 13.6 Å². The summed E-state index contributed by atoms with van der Waals surface area (Å²) in [5.74, 6) is -0.159. The number of carbonyl (C=O) groups is 1. The van der Waals surface area contributed by atoms with Gasteiger partial charge in [-0.2, -0.15) is 5.10 Å². The van der Waals surface area contributed by atoms with Gasteiger partial charge in [0.1, 0.15) is 0 Å². The Bertz CT molecular complexity index is 1060. The molecule has 3 aromatic rings. The Morgan fingerprint density at radius 2 is 1.82 bits per heavy atom. The summed E-state index contributed by atoms with van der Waals surface area (Å²) in [6.45, 7) is 1.79. The molecule has 2 aromatic carbocycles. The Morgan fingerprint density at radius 1 is 1.07 bits per heavy atom. The maximum absolute atomic E-state index is 12.7. The van der Waals surface area contributed by atoms with Crippen LogP contribution in [0.4, 0.5) is 0 Å². The zero-order chi connectivity index (χ0) is 20.1. The van der Waals surface area contributed by atoms with Crippen LogP contribution in [0.15, 0.2) is 65.6 Å². The average Bonchev–Trinajstić information content (AvgIpc) is 3.17. The summed E-state index contributed by atoms with van der Waals surface area (Å²) in [5.41, 5.74) is 3.26. The average molecular weight is 398 g/mol. The minimum Gasteiger partial charge on any atom is -0.295 e. The van der Waals surface area contributed by atoms with Gasteiger partial charge >= 0.3 is 0 Å². The highest BCUT2D eigenvalue weighted by molar-refractivity contribution is 7.89. The number of rotatable bonds is 8. The lowest BCUT2D eigenvalue weighted by molar-refractivity contribution is 0.101. The smallest absolute Gasteiger partial charge is 0.242 e. The first-order valence-electron chi connectivity index (χ1n) is 9.05. The number of Topliss-reactive ketones (excluding diaryl/α,β-unsaturated/α-hetero) is 1. The Kier molecular flexibility index (Phi) is 6.06. The van der Waals surface area contributed by atoms with Crippen LogP contribution < -0.4 is 0 Å². The second-order valence-electron chi connectivity index (χ2n) is 6.66. The molecule has 7 heteroatoms. The highest BCUT2D eigenvalue weighted by Crippen LogP contribution is 2.19. The summed E-state index contributed by atoms with van der Waals surface area (Å²) in [6.07, 6.45) is 1.34. The van der Waals surface area contributed by atoms with Crippen LogP contribution >= 0.6 is 0 Å². The summed E-state index contributed by atoms with van der Waals surface area (Å²) in [6, 6.07) is 18.0. The summed E-state index contributed by atoms with van der Waals surface area (Å²) in [7, 11) is -2.08. The SMILES string of the molecule is CC(=O)c1cccc(S(=O)(=O)N(C)CCCc2cc(-c3ccccc3)n[nH]2)c1. The minimum atomic E-state index is -3.63. The number of nitrogens with zero attached hydrogens (tertiary/aromatic N) is 2. The number of nitrogens with one attached hydrogen (secondary N) is 1. The van der Waals surface area contributed by atoms with Crippen LogP contribution in [-0.2, 0) is 16.4 Å². The normalized spacial score (nSPS) is 11.7. The Morgan fingerprint density at radius 3 is 2.54 bits per heavy atom. The predicted octanol–water partition coefficient (Wildman–Crippen LogP) is 3.53. The van der Waals surface area contributed by atoms with Crippen molar-refractivity contribution < 1.29 is 13.2 Å². The Balaban J connectivity index is 1.61. The molecular weight excluding hydrogens is 374 g/mol. The van der Waals surface area contributed by atoms with Gasteiger partial charge in [0, 0.05) is 30.4 Å². The molecule has 0 aliphatic rings. The molecule has 0 atom stereocenters. The van der Waals surface area contributed by atoms with Crippen molar-refractivity contribution in [3.05, 3.63) is 71.9 Å². The summed E-state index contributed by atoms with van der Waals surface area (Å²) in [5, 5.41) is 7.33. The first-order chi connectivity index (χ1) is 13.4. The van der Waals surface area contributed by atoms with Gasteiger partial charge in [-0.05, 0) is 38.0 Å². The van der Waals surface area contributed by atoms with Crippen molar-refractivity contribution in [1.29, 1.82) is 0 Å². The van der Waals surface area contributed by atoms with Gasteiger partial charge in [-0.15, -0.1) is 0 Å². The fourth-order valence-corrected chi connectivity index (χ4v) is 4.17. The van der Waals surface area contributed by atoms with Crippen molar-refractivity contribution in [2.24, 2.45) is 0 Å². The van der Waals surface area contributed by atoms with Crippen LogP contribution in [0.5, 0.6) is 0 Å². The lowest BCUT2D eigenvalue weighted by Gasteiger charge is -2.17. The van der Waals surface area contributed by atoms with Gasteiger partial charge in [-0.3, -0.25) is 9.89 Å². The molecule has 0 saturated heterocycles. The number of sulfonamides is 1. The van der Waals surface area contributed by atoms with Crippen LogP contribution in [0.25, 0.3) is 11.3 Å². The van der Waals surface area contributed by atoms with E-state index in [1.807, 2.05) is 36.4 Å². The van der Waals surface area contributed by atoms with E-state index in [4.69, 9.17) is 0 Å². The van der Waals surface area contributed by atoms with E-state index in [1.54, 1.807) is 19.2 Å². The van der Waals surface area contributed by atoms with Gasteiger partial charge in [-0.1, -0.05) is 42.5 Å². The van der Waals surface area contributed by atoms with Crippen molar-refractivity contribution in [3.8, 4) is 11.3 Å². The molecule has 0 aliphatic carbocycles. The fraction of sp³-hybridized carbons (Fsp3) is 0.238. The summed E-state index contributed by atoms with van der Waals surface area (Å²) < 4.78 is 26.8. The van der Waals surface area contributed by atoms with Crippen LogP contribution in [-0.4, -0.2) is 42.3 Å². The largest absolute Gasteiger partial charge is 0.295 e. The number of H-pyrrole nitrogens is 1. The van der Waals surface area contributed by atoms with E-state index in [0.29, 0.717) is 24.9 Å². The molecule has 1 aromatic heterocycles. The number of aromatic nitrogens is 2. The monoisotopic (exact) mass is 397 g/mol. The van der Waals surface area contributed by atoms with Gasteiger partial charge < -0.3 is 0 Å². The highest BCUT2D eigenvalue weighted by Gasteiger charge is 2.21. The number of aromatic amines is 1. The van der Waals surface area contributed by atoms with E-state index in [-0.39, 0.29) is 10.7 Å². The van der Waals surface area contributed by atoms with Crippen molar-refractivity contribution in [2.45, 2.75) is 24.7 Å². The van der Waals surface area contributed by atoms with Crippen LogP contribution in [0.3, 0.4) is 0 Å². The number of hydrogen-bond acceptors (Lipinski definition) is 4. The van der Waals surface area contributed by atoms with Crippen LogP contribution in [0, 0.1) is 0 Å². The molecule has 28 heavy (non-hydrogen) atoms. The molecule has 1 heterocycles. The molecule has 0 radical (unpaired) electrons. The second-order valence-corrected chi connectivity index (χ2v) is 8.70. The molecule has 3 rings (SSSR count). The molecule has 0 spiro atoms. The van der Waals surface area contributed by atoms with Crippen molar-refractivity contribution >= 4 is 15.8 Å². The Labute approximate surface area is 165 Å². The molecule has 0 bridgehead atoms. The standard InChI is InChI=1S/C21H23N3O3S/c1-16(25)18-10-6-12-20(14-18)28(26,27)24(2)13-7-11-19-15-21(23-22-19)17-8-4-3-5-9-17/h3-6,8-10,12,14-15H,7,11,13H2,1-2H3,(H,22,23). The highest BCUT2D eigenvalue weighted by atomic mass is 32.2. The summed E-state index contributed by atoms with van der Waals surface area (Å²) >= 11 is 0. The second kappa shape index (κ2) is 8.50. The van der Waals surface area contributed by atoms with Gasteiger partial charge in [0.15, 0.2) is 5.78 Å². The maximum atomic E-state index is 12.7. The lowest BCUT2D eigenvalue weighted by Crippen LogP contribution is -2.28. The van der Waals surface area contributed by atoms with Gasteiger partial charge in [-0.25, -0.2) is 12.7 Å². The molecule has 0 saturated carbocycles. The zero-order valence-electron chi connectivity index (χ0n) is 15.9. The van der Waals surface area contributed by atoms with Crippen LogP contribution in [0.1, 0.15) is 29.4 Å². The lowest BCUT2D eigenvalue weighted by atomic mass is 10.1. The molecule has 1 N–H and O–H groups in total. The van der Waals surface area contributed by atoms with E-state index >= 15 is 0 Å². The maximum Gasteiger partial charge on any atom is 0.242 e. The van der Waals surface area contributed by atoms with Crippen molar-refractivity contribution in [1.82, 2.24) is 14.5 Å². The van der Waals surface area contributed by atoms with E-state index in [2.05, 4.69) is 10.2 Å². The number of hydrogen-bond donors (Lipinski definition) is 1. The molecule has 0 unspecified atom stereocenters.